The Morgan fingerprint density at radius 2 is 2.05 bits per heavy atom. The van der Waals surface area contributed by atoms with Crippen LogP contribution in [0.4, 0.5) is 0 Å². The zero-order valence-corrected chi connectivity index (χ0v) is 13.1. The fourth-order valence-electron chi connectivity index (χ4n) is 2.18. The van der Waals surface area contributed by atoms with Crippen LogP contribution in [-0.4, -0.2) is 21.5 Å². The van der Waals surface area contributed by atoms with E-state index in [0.29, 0.717) is 24.4 Å². The molecule has 0 aliphatic heterocycles. The number of aryl methyl sites for hydroxylation is 1. The highest BCUT2D eigenvalue weighted by atomic mass is 16.5. The first-order chi connectivity index (χ1) is 10.7. The van der Waals surface area contributed by atoms with E-state index in [1.807, 2.05) is 31.2 Å². The monoisotopic (exact) mass is 302 g/mol. The molecule has 1 aromatic carbocycles. The van der Waals surface area contributed by atoms with E-state index in [9.17, 15) is 9.90 Å². The molecule has 0 atom stereocenters. The molecule has 0 saturated heterocycles. The van der Waals surface area contributed by atoms with Crippen molar-refractivity contribution in [2.24, 2.45) is 0 Å². The van der Waals surface area contributed by atoms with Crippen LogP contribution >= 0.6 is 0 Å². The van der Waals surface area contributed by atoms with Crippen molar-refractivity contribution in [1.29, 1.82) is 0 Å². The SMILES string of the molecule is CCCOc1cccc(-c2cc(CO)c(=O)n(CCC)n2)c1. The minimum atomic E-state index is -0.288. The Labute approximate surface area is 130 Å². The number of hydrogen-bond donors (Lipinski definition) is 1. The minimum Gasteiger partial charge on any atom is -0.494 e. The summed E-state index contributed by atoms with van der Waals surface area (Å²) in [5.41, 5.74) is 1.66. The highest BCUT2D eigenvalue weighted by molar-refractivity contribution is 5.61. The molecule has 0 saturated carbocycles. The lowest BCUT2D eigenvalue weighted by Crippen LogP contribution is -2.26. The lowest BCUT2D eigenvalue weighted by atomic mass is 10.1. The third-order valence-corrected chi connectivity index (χ3v) is 3.26. The van der Waals surface area contributed by atoms with Crippen LogP contribution in [0.5, 0.6) is 5.75 Å². The van der Waals surface area contributed by atoms with E-state index in [2.05, 4.69) is 12.0 Å². The number of aliphatic hydroxyl groups excluding tert-OH is 1. The molecule has 0 bridgehead atoms. The van der Waals surface area contributed by atoms with E-state index in [1.165, 1.54) is 4.68 Å². The van der Waals surface area contributed by atoms with E-state index in [1.54, 1.807) is 6.07 Å². The molecule has 0 fully saturated rings. The second-order valence-electron chi connectivity index (χ2n) is 5.12. The van der Waals surface area contributed by atoms with Gasteiger partial charge in [0.1, 0.15) is 5.75 Å². The third-order valence-electron chi connectivity index (χ3n) is 3.26. The lowest BCUT2D eigenvalue weighted by molar-refractivity contribution is 0.278. The largest absolute Gasteiger partial charge is 0.494 e. The van der Waals surface area contributed by atoms with Gasteiger partial charge in [0.25, 0.3) is 5.56 Å². The fourth-order valence-corrected chi connectivity index (χ4v) is 2.18. The van der Waals surface area contributed by atoms with Crippen molar-refractivity contribution in [3.05, 3.63) is 46.2 Å². The first-order valence-electron chi connectivity index (χ1n) is 7.64. The molecule has 22 heavy (non-hydrogen) atoms. The minimum absolute atomic E-state index is 0.230. The van der Waals surface area contributed by atoms with Crippen molar-refractivity contribution < 1.29 is 9.84 Å². The predicted octanol–water partition coefficient (Wildman–Crippen LogP) is 2.60. The van der Waals surface area contributed by atoms with Crippen LogP contribution in [0.25, 0.3) is 11.3 Å². The van der Waals surface area contributed by atoms with E-state index >= 15 is 0 Å². The van der Waals surface area contributed by atoms with Gasteiger partial charge in [-0.3, -0.25) is 4.79 Å². The normalized spacial score (nSPS) is 10.7. The number of nitrogens with zero attached hydrogens (tertiary/aromatic N) is 2. The van der Waals surface area contributed by atoms with E-state index in [0.717, 1.165) is 24.2 Å². The summed E-state index contributed by atoms with van der Waals surface area (Å²) in [6, 6.07) is 9.26. The van der Waals surface area contributed by atoms with Crippen molar-refractivity contribution in [3.8, 4) is 17.0 Å². The standard InChI is InChI=1S/C17H22N2O3/c1-3-8-19-17(21)14(12-20)11-16(18-19)13-6-5-7-15(10-13)22-9-4-2/h5-7,10-11,20H,3-4,8-9,12H2,1-2H3. The molecule has 118 valence electrons. The second kappa shape index (κ2) is 7.75. The van der Waals surface area contributed by atoms with E-state index in [-0.39, 0.29) is 12.2 Å². The Morgan fingerprint density at radius 1 is 1.23 bits per heavy atom. The van der Waals surface area contributed by atoms with Gasteiger partial charge in [-0.1, -0.05) is 26.0 Å². The summed E-state index contributed by atoms with van der Waals surface area (Å²) in [7, 11) is 0. The van der Waals surface area contributed by atoms with Crippen molar-refractivity contribution in [3.63, 3.8) is 0 Å². The van der Waals surface area contributed by atoms with Crippen LogP contribution < -0.4 is 10.3 Å². The highest BCUT2D eigenvalue weighted by Gasteiger charge is 2.09. The number of rotatable bonds is 7. The van der Waals surface area contributed by atoms with Gasteiger partial charge in [-0.25, -0.2) is 4.68 Å². The van der Waals surface area contributed by atoms with Gasteiger partial charge in [-0.15, -0.1) is 0 Å². The van der Waals surface area contributed by atoms with E-state index < -0.39 is 0 Å². The van der Waals surface area contributed by atoms with Gasteiger partial charge in [0.2, 0.25) is 0 Å². The highest BCUT2D eigenvalue weighted by Crippen LogP contribution is 2.22. The molecule has 2 rings (SSSR count). The molecule has 0 radical (unpaired) electrons. The molecule has 0 aliphatic rings. The molecular formula is C17H22N2O3. The number of aliphatic hydroxyl groups is 1. The molecule has 1 aromatic heterocycles. The van der Waals surface area contributed by atoms with Crippen LogP contribution in [0.2, 0.25) is 0 Å². The maximum Gasteiger partial charge on any atom is 0.272 e. The van der Waals surface area contributed by atoms with Crippen LogP contribution in [-0.2, 0) is 13.2 Å². The molecule has 0 spiro atoms. The van der Waals surface area contributed by atoms with Gasteiger partial charge in [0, 0.05) is 17.7 Å². The topological polar surface area (TPSA) is 64.3 Å². The number of hydrogen-bond acceptors (Lipinski definition) is 4. The number of ether oxygens (including phenoxy) is 1. The van der Waals surface area contributed by atoms with Gasteiger partial charge in [-0.2, -0.15) is 5.10 Å². The van der Waals surface area contributed by atoms with Gasteiger partial charge in [-0.05, 0) is 31.0 Å². The van der Waals surface area contributed by atoms with Crippen LogP contribution in [0.15, 0.2) is 35.1 Å². The van der Waals surface area contributed by atoms with Crippen LogP contribution in [0.1, 0.15) is 32.3 Å². The first-order valence-corrected chi connectivity index (χ1v) is 7.64. The molecule has 0 amide bonds. The summed E-state index contributed by atoms with van der Waals surface area (Å²) in [5.74, 6) is 0.778. The van der Waals surface area contributed by atoms with E-state index in [4.69, 9.17) is 4.74 Å². The summed E-state index contributed by atoms with van der Waals surface area (Å²) in [5, 5.41) is 13.8. The number of benzene rings is 1. The summed E-state index contributed by atoms with van der Waals surface area (Å²) in [6.07, 6.45) is 1.75. The molecule has 0 aliphatic carbocycles. The average Bonchev–Trinajstić information content (AvgIpc) is 2.55. The van der Waals surface area contributed by atoms with Crippen molar-refractivity contribution >= 4 is 0 Å². The predicted molar refractivity (Wildman–Crippen MR) is 85.9 cm³/mol. The Morgan fingerprint density at radius 3 is 2.73 bits per heavy atom. The lowest BCUT2D eigenvalue weighted by Gasteiger charge is -2.10. The quantitative estimate of drug-likeness (QED) is 0.854. The molecule has 1 heterocycles. The van der Waals surface area contributed by atoms with Crippen LogP contribution in [0, 0.1) is 0 Å². The van der Waals surface area contributed by atoms with Crippen molar-refractivity contribution in [2.45, 2.75) is 39.8 Å². The summed E-state index contributed by atoms with van der Waals surface area (Å²) in [4.78, 5) is 12.1. The zero-order chi connectivity index (χ0) is 15.9. The Bertz CT molecular complexity index is 680. The zero-order valence-electron chi connectivity index (χ0n) is 13.1. The fraction of sp³-hybridized carbons (Fsp3) is 0.412. The maximum absolute atomic E-state index is 12.1. The molecule has 1 N–H and O–H groups in total. The summed E-state index contributed by atoms with van der Waals surface area (Å²) >= 11 is 0. The number of aromatic nitrogens is 2. The molecule has 5 heteroatoms. The Balaban J connectivity index is 2.43. The smallest absolute Gasteiger partial charge is 0.272 e. The van der Waals surface area contributed by atoms with Gasteiger partial charge < -0.3 is 9.84 Å². The second-order valence-corrected chi connectivity index (χ2v) is 5.12. The first kappa shape index (κ1) is 16.2. The summed E-state index contributed by atoms with van der Waals surface area (Å²) in [6.45, 7) is 4.95. The van der Waals surface area contributed by atoms with Gasteiger partial charge in [0.05, 0.1) is 18.9 Å². The van der Waals surface area contributed by atoms with Crippen molar-refractivity contribution in [2.75, 3.05) is 6.61 Å². The van der Waals surface area contributed by atoms with Crippen LogP contribution in [0.3, 0.4) is 0 Å². The van der Waals surface area contributed by atoms with Gasteiger partial charge >= 0.3 is 0 Å². The van der Waals surface area contributed by atoms with Gasteiger partial charge in [0.15, 0.2) is 0 Å². The molecular weight excluding hydrogens is 280 g/mol. The third kappa shape index (κ3) is 3.74. The molecule has 5 nitrogen and oxygen atoms in total. The van der Waals surface area contributed by atoms with Crippen molar-refractivity contribution in [1.82, 2.24) is 9.78 Å². The Kier molecular flexibility index (Phi) is 5.72. The molecule has 2 aromatic rings. The average molecular weight is 302 g/mol. The maximum atomic E-state index is 12.1. The summed E-state index contributed by atoms with van der Waals surface area (Å²) < 4.78 is 7.05. The molecule has 0 unspecified atom stereocenters. The Hall–Kier alpha value is -2.14.